The van der Waals surface area contributed by atoms with Gasteiger partial charge >= 0.3 is 0 Å². The third-order valence-electron chi connectivity index (χ3n) is 5.58. The topological polar surface area (TPSA) is 62.9 Å². The fraction of sp³-hybridized carbons (Fsp3) is 0.250. The number of furan rings is 1. The van der Waals surface area contributed by atoms with Crippen LogP contribution >= 0.6 is 23.2 Å². The zero-order valence-electron chi connectivity index (χ0n) is 14.0. The summed E-state index contributed by atoms with van der Waals surface area (Å²) in [5.74, 6) is 0.427. The molecule has 1 aliphatic heterocycles. The lowest BCUT2D eigenvalue weighted by atomic mass is 9.85. The Morgan fingerprint density at radius 3 is 2.37 bits per heavy atom. The molecular weight excluding hydrogens is 387 g/mol. The van der Waals surface area contributed by atoms with Gasteiger partial charge in [0, 0.05) is 5.56 Å². The monoisotopic (exact) mass is 400 g/mol. The standard InChI is InChI=1S/C20H14Cl2N2O3/c21-14-5-3-10(8-15(14)22)16-6-4-13(27-16)9-23-24-19(25)17-11-1-2-12(7-11)18(17)20(24)26/h1-6,8-9,11-12,17-18H,7H2/t11-,12-,17-,18+/m0/s1. The number of fused-ring (bicyclic) bond motifs is 5. The fourth-order valence-corrected chi connectivity index (χ4v) is 4.64. The molecule has 5 rings (SSSR count). The fourth-order valence-electron chi connectivity index (χ4n) is 4.34. The van der Waals surface area contributed by atoms with E-state index >= 15 is 0 Å². The predicted molar refractivity (Wildman–Crippen MR) is 101 cm³/mol. The van der Waals surface area contributed by atoms with Crippen LogP contribution in [0.15, 0.2) is 52.0 Å². The highest BCUT2D eigenvalue weighted by atomic mass is 35.5. The Hall–Kier alpha value is -2.37. The van der Waals surface area contributed by atoms with Crippen molar-refractivity contribution in [2.45, 2.75) is 6.42 Å². The lowest BCUT2D eigenvalue weighted by Gasteiger charge is -2.13. The number of allylic oxidation sites excluding steroid dienone is 2. The van der Waals surface area contributed by atoms with E-state index in [1.807, 2.05) is 0 Å². The van der Waals surface area contributed by atoms with Crippen LogP contribution in [0.3, 0.4) is 0 Å². The second kappa shape index (κ2) is 6.08. The van der Waals surface area contributed by atoms with Crippen molar-refractivity contribution < 1.29 is 14.0 Å². The number of imide groups is 1. The van der Waals surface area contributed by atoms with Gasteiger partial charge in [-0.1, -0.05) is 35.4 Å². The van der Waals surface area contributed by atoms with E-state index in [0.717, 1.165) is 17.0 Å². The summed E-state index contributed by atoms with van der Waals surface area (Å²) in [4.78, 5) is 25.2. The first-order chi connectivity index (χ1) is 13.0. The summed E-state index contributed by atoms with van der Waals surface area (Å²) >= 11 is 12.0. The van der Waals surface area contributed by atoms with Gasteiger partial charge in [0.2, 0.25) is 0 Å². The number of halogens is 2. The summed E-state index contributed by atoms with van der Waals surface area (Å²) in [6.45, 7) is 0. The Kier molecular flexibility index (Phi) is 3.78. The lowest BCUT2D eigenvalue weighted by molar-refractivity contribution is -0.140. The highest BCUT2D eigenvalue weighted by Crippen LogP contribution is 2.52. The van der Waals surface area contributed by atoms with Crippen molar-refractivity contribution in [2.75, 3.05) is 0 Å². The Balaban J connectivity index is 1.36. The van der Waals surface area contributed by atoms with Crippen molar-refractivity contribution >= 4 is 41.2 Å². The third-order valence-corrected chi connectivity index (χ3v) is 6.32. The van der Waals surface area contributed by atoms with E-state index in [1.165, 1.54) is 6.21 Å². The molecule has 1 aromatic carbocycles. The maximum Gasteiger partial charge on any atom is 0.254 e. The van der Waals surface area contributed by atoms with Crippen molar-refractivity contribution in [1.82, 2.24) is 5.01 Å². The number of carbonyl (C=O) groups excluding carboxylic acids is 2. The summed E-state index contributed by atoms with van der Waals surface area (Å²) < 4.78 is 5.73. The molecule has 0 N–H and O–H groups in total. The average Bonchev–Trinajstić information content (AvgIpc) is 3.41. The summed E-state index contributed by atoms with van der Waals surface area (Å²) in [7, 11) is 0. The molecule has 3 aliphatic rings. The zero-order chi connectivity index (χ0) is 18.7. The Morgan fingerprint density at radius 2 is 1.70 bits per heavy atom. The molecule has 7 heteroatoms. The first-order valence-corrected chi connectivity index (χ1v) is 9.44. The van der Waals surface area contributed by atoms with Gasteiger partial charge in [-0.2, -0.15) is 10.1 Å². The van der Waals surface area contributed by atoms with Crippen LogP contribution in [0.2, 0.25) is 10.0 Å². The number of amides is 2. The van der Waals surface area contributed by atoms with Crippen LogP contribution in [0.1, 0.15) is 12.2 Å². The van der Waals surface area contributed by atoms with Gasteiger partial charge in [0.25, 0.3) is 11.8 Å². The van der Waals surface area contributed by atoms with Crippen molar-refractivity contribution in [3.63, 3.8) is 0 Å². The summed E-state index contributed by atoms with van der Waals surface area (Å²) in [5, 5.41) is 6.02. The van der Waals surface area contributed by atoms with Gasteiger partial charge in [-0.3, -0.25) is 9.59 Å². The normalized spacial score (nSPS) is 28.7. The zero-order valence-corrected chi connectivity index (χ0v) is 15.5. The molecule has 27 heavy (non-hydrogen) atoms. The minimum absolute atomic E-state index is 0.168. The smallest absolute Gasteiger partial charge is 0.254 e. The van der Waals surface area contributed by atoms with Gasteiger partial charge in [-0.05, 0) is 48.6 Å². The molecule has 2 fully saturated rings. The number of benzene rings is 1. The van der Waals surface area contributed by atoms with Crippen LogP contribution in [0.4, 0.5) is 0 Å². The minimum atomic E-state index is -0.256. The molecule has 136 valence electrons. The van der Waals surface area contributed by atoms with Gasteiger partial charge < -0.3 is 4.42 Å². The van der Waals surface area contributed by atoms with E-state index in [4.69, 9.17) is 27.6 Å². The molecule has 0 spiro atoms. The number of hydrogen-bond acceptors (Lipinski definition) is 4. The maximum absolute atomic E-state index is 12.6. The quantitative estimate of drug-likeness (QED) is 0.435. The van der Waals surface area contributed by atoms with E-state index < -0.39 is 0 Å². The van der Waals surface area contributed by atoms with Crippen LogP contribution in [-0.4, -0.2) is 23.0 Å². The summed E-state index contributed by atoms with van der Waals surface area (Å²) in [5.41, 5.74) is 0.773. The molecule has 2 aromatic rings. The second-order valence-electron chi connectivity index (χ2n) is 7.06. The summed E-state index contributed by atoms with van der Waals surface area (Å²) in [6.07, 6.45) is 6.41. The van der Waals surface area contributed by atoms with Crippen LogP contribution < -0.4 is 0 Å². The van der Waals surface area contributed by atoms with Crippen molar-refractivity contribution in [3.8, 4) is 11.3 Å². The molecule has 5 nitrogen and oxygen atoms in total. The molecule has 0 radical (unpaired) electrons. The number of rotatable bonds is 3. The molecule has 1 aromatic heterocycles. The molecule has 0 unspecified atom stereocenters. The van der Waals surface area contributed by atoms with Crippen molar-refractivity contribution in [2.24, 2.45) is 28.8 Å². The second-order valence-corrected chi connectivity index (χ2v) is 7.88. The van der Waals surface area contributed by atoms with Crippen LogP contribution in [0, 0.1) is 23.7 Å². The first kappa shape index (κ1) is 16.8. The third kappa shape index (κ3) is 2.57. The Morgan fingerprint density at radius 1 is 1.00 bits per heavy atom. The Labute approximate surface area is 165 Å². The van der Waals surface area contributed by atoms with Gasteiger partial charge in [0.15, 0.2) is 0 Å². The van der Waals surface area contributed by atoms with Crippen LogP contribution in [-0.2, 0) is 9.59 Å². The Bertz CT molecular complexity index is 996. The van der Waals surface area contributed by atoms with Crippen molar-refractivity contribution in [1.29, 1.82) is 0 Å². The molecule has 2 heterocycles. The van der Waals surface area contributed by atoms with E-state index in [9.17, 15) is 9.59 Å². The van der Waals surface area contributed by atoms with Gasteiger partial charge in [-0.25, -0.2) is 0 Å². The van der Waals surface area contributed by atoms with E-state index in [-0.39, 0.29) is 35.5 Å². The van der Waals surface area contributed by atoms with Crippen LogP contribution in [0.5, 0.6) is 0 Å². The number of carbonyl (C=O) groups is 2. The highest BCUT2D eigenvalue weighted by Gasteiger charge is 2.59. The molecule has 2 aliphatic carbocycles. The number of hydrogen-bond donors (Lipinski definition) is 0. The summed E-state index contributed by atoms with van der Waals surface area (Å²) in [6, 6.07) is 8.69. The van der Waals surface area contributed by atoms with Crippen LogP contribution in [0.25, 0.3) is 11.3 Å². The largest absolute Gasteiger partial charge is 0.455 e. The van der Waals surface area contributed by atoms with E-state index in [2.05, 4.69) is 17.3 Å². The number of hydrazone groups is 1. The SMILES string of the molecule is O=C1[C@@H]2[C@H](C(=O)N1N=Cc1ccc(-c3ccc(Cl)c(Cl)c3)o1)[C@H]1C=C[C@H]2C1. The highest BCUT2D eigenvalue weighted by molar-refractivity contribution is 6.42. The molecule has 2 bridgehead atoms. The average molecular weight is 401 g/mol. The van der Waals surface area contributed by atoms with E-state index in [0.29, 0.717) is 21.6 Å². The molecule has 4 atom stereocenters. The first-order valence-electron chi connectivity index (χ1n) is 8.68. The lowest BCUT2D eigenvalue weighted by Crippen LogP contribution is -2.28. The van der Waals surface area contributed by atoms with E-state index in [1.54, 1.807) is 30.3 Å². The predicted octanol–water partition coefficient (Wildman–Crippen LogP) is 4.39. The number of nitrogens with zero attached hydrogens (tertiary/aromatic N) is 2. The maximum atomic E-state index is 12.6. The molecule has 1 saturated carbocycles. The molecule has 2 amide bonds. The van der Waals surface area contributed by atoms with Crippen molar-refractivity contribution in [3.05, 3.63) is 58.3 Å². The molecule has 1 saturated heterocycles. The van der Waals surface area contributed by atoms with Gasteiger partial charge in [0.1, 0.15) is 11.5 Å². The minimum Gasteiger partial charge on any atom is -0.455 e. The van der Waals surface area contributed by atoms with Gasteiger partial charge in [0.05, 0.1) is 28.1 Å². The van der Waals surface area contributed by atoms with Gasteiger partial charge in [-0.15, -0.1) is 0 Å². The molecular formula is C20H14Cl2N2O3.